The Morgan fingerprint density at radius 2 is 0.714 bits per heavy atom. The maximum absolute atomic E-state index is 6.50. The first-order valence-electron chi connectivity index (χ1n) is 0.258. The van der Waals surface area contributed by atoms with Crippen molar-refractivity contribution in [1.29, 1.82) is 0 Å². The number of rotatable bonds is 0. The molecule has 3 N–H and O–H groups in total. The van der Waals surface area contributed by atoms with Crippen molar-refractivity contribution in [2.45, 2.75) is 0 Å². The molecule has 0 atom stereocenters. The van der Waals surface area contributed by atoms with Gasteiger partial charge in [0.15, 0.2) is 0 Å². The van der Waals surface area contributed by atoms with Crippen LogP contribution in [-0.2, 0) is 21.7 Å². The summed E-state index contributed by atoms with van der Waals surface area (Å²) >= 11 is 0. The van der Waals surface area contributed by atoms with Crippen molar-refractivity contribution < 1.29 is 26.9 Å². The van der Waals surface area contributed by atoms with Gasteiger partial charge in [-0.3, -0.25) is 0 Å². The first kappa shape index (κ1) is 68.4. The van der Waals surface area contributed by atoms with Gasteiger partial charge in [-0.2, -0.15) is 0 Å². The van der Waals surface area contributed by atoms with Crippen LogP contribution in [0.15, 0.2) is 0 Å². The van der Waals surface area contributed by atoms with Gasteiger partial charge in [-0.15, -0.1) is 49.6 Å². The van der Waals surface area contributed by atoms with E-state index < -0.39 is 0 Å². The molecule has 7 heavy (non-hydrogen) atoms. The monoisotopic (exact) mass is 225 g/mol. The predicted molar refractivity (Wildman–Crippen MR) is 35.0 cm³/mol. The van der Waals surface area contributed by atoms with Crippen LogP contribution in [0.3, 0.4) is 0 Å². The largest absolute Gasteiger partial charge is 0.320 e. The molecule has 0 fully saturated rings. The van der Waals surface area contributed by atoms with Gasteiger partial charge in [0, 0.05) is 21.7 Å². The third kappa shape index (κ3) is 81.3. The SMILES string of the molecule is Cl.Cl.Cl.Cl.NO.[Ti]. The van der Waals surface area contributed by atoms with Crippen LogP contribution in [0, 0.1) is 0 Å². The minimum Gasteiger partial charge on any atom is -0.320 e. The molecule has 0 aliphatic carbocycles. The van der Waals surface area contributed by atoms with Crippen LogP contribution in [0.2, 0.25) is 0 Å². The first-order chi connectivity index (χ1) is 1.00. The third-order valence-corrected chi connectivity index (χ3v) is 0. The number of nitrogens with two attached hydrogens (primary N) is 1. The Morgan fingerprint density at radius 1 is 0.714 bits per heavy atom. The van der Waals surface area contributed by atoms with E-state index in [0.717, 1.165) is 0 Å². The van der Waals surface area contributed by atoms with E-state index in [1.54, 1.807) is 0 Å². The van der Waals surface area contributed by atoms with E-state index in [4.69, 9.17) is 5.21 Å². The summed E-state index contributed by atoms with van der Waals surface area (Å²) in [5.74, 6) is 3.50. The van der Waals surface area contributed by atoms with E-state index in [0.29, 0.717) is 0 Å². The van der Waals surface area contributed by atoms with Crippen molar-refractivity contribution in [2.75, 3.05) is 0 Å². The molecule has 2 nitrogen and oxygen atoms in total. The summed E-state index contributed by atoms with van der Waals surface area (Å²) < 4.78 is 0. The third-order valence-electron chi connectivity index (χ3n) is 0. The fourth-order valence-corrected chi connectivity index (χ4v) is 0. The maximum Gasteiger partial charge on any atom is 0 e. The average molecular weight is 227 g/mol. The van der Waals surface area contributed by atoms with E-state index in [2.05, 4.69) is 5.90 Å². The molecule has 0 saturated carbocycles. The smallest absolute Gasteiger partial charge is 0 e. The van der Waals surface area contributed by atoms with Gasteiger partial charge in [-0.1, -0.05) is 0 Å². The quantitative estimate of drug-likeness (QED) is 0.479. The Bertz CT molecular complexity index is 11.7. The standard InChI is InChI=1S/4ClH.H3NO.Ti/c;;;;1-2;/h4*1H;2H,1H2;. The molecular weight excluding hydrogens is 220 g/mol. The summed E-state index contributed by atoms with van der Waals surface area (Å²) in [4.78, 5) is 0. The number of halogens is 4. The van der Waals surface area contributed by atoms with E-state index >= 15 is 0 Å². The Hall–Kier alpha value is 1.79. The van der Waals surface area contributed by atoms with Crippen molar-refractivity contribution in [3.63, 3.8) is 0 Å². The Morgan fingerprint density at radius 3 is 0.714 bits per heavy atom. The van der Waals surface area contributed by atoms with Crippen LogP contribution in [0.1, 0.15) is 0 Å². The van der Waals surface area contributed by atoms with Crippen LogP contribution >= 0.6 is 49.6 Å². The van der Waals surface area contributed by atoms with Crippen molar-refractivity contribution in [1.82, 2.24) is 0 Å². The molecule has 0 saturated heterocycles. The molecule has 0 aliphatic heterocycles. The van der Waals surface area contributed by atoms with Gasteiger partial charge in [-0.05, 0) is 0 Å². The van der Waals surface area contributed by atoms with Crippen LogP contribution in [0.5, 0.6) is 0 Å². The summed E-state index contributed by atoms with van der Waals surface area (Å²) in [5.41, 5.74) is 0. The number of hydrogen-bond donors (Lipinski definition) is 2. The van der Waals surface area contributed by atoms with Crippen LogP contribution in [0.4, 0.5) is 0 Å². The molecule has 0 aliphatic rings. The summed E-state index contributed by atoms with van der Waals surface area (Å²) in [6, 6.07) is 0. The summed E-state index contributed by atoms with van der Waals surface area (Å²) in [6.07, 6.45) is 0. The summed E-state index contributed by atoms with van der Waals surface area (Å²) in [7, 11) is 0. The van der Waals surface area contributed by atoms with Crippen molar-refractivity contribution in [3.8, 4) is 0 Å². The topological polar surface area (TPSA) is 46.2 Å². The Kier molecular flexibility index (Phi) is 1090. The van der Waals surface area contributed by atoms with E-state index in [-0.39, 0.29) is 71.3 Å². The molecule has 0 unspecified atom stereocenters. The molecular formula is H7Cl4NOTi. The normalized spacial score (nSPS) is 0.857. The first-order valence-corrected chi connectivity index (χ1v) is 0.258. The van der Waals surface area contributed by atoms with Gasteiger partial charge in [0.05, 0.1) is 0 Å². The Balaban J connectivity index is -0.000000000500. The second kappa shape index (κ2) is 112. The van der Waals surface area contributed by atoms with E-state index in [9.17, 15) is 0 Å². The molecule has 0 aromatic carbocycles. The fraction of sp³-hybridized carbons (Fsp3) is 0. The molecule has 50 valence electrons. The van der Waals surface area contributed by atoms with Gasteiger partial charge >= 0.3 is 0 Å². The van der Waals surface area contributed by atoms with Gasteiger partial charge < -0.3 is 5.21 Å². The molecule has 7 heteroatoms. The van der Waals surface area contributed by atoms with Gasteiger partial charge in [-0.25, -0.2) is 5.90 Å². The minimum absolute atomic E-state index is 0. The minimum atomic E-state index is 0. The molecule has 0 amide bonds. The van der Waals surface area contributed by atoms with Crippen LogP contribution < -0.4 is 5.90 Å². The van der Waals surface area contributed by atoms with Crippen molar-refractivity contribution in [2.24, 2.45) is 5.90 Å². The second-order valence-corrected chi connectivity index (χ2v) is 0. The van der Waals surface area contributed by atoms with Crippen LogP contribution in [0.25, 0.3) is 0 Å². The van der Waals surface area contributed by atoms with E-state index in [1.165, 1.54) is 0 Å². The molecule has 0 heterocycles. The maximum atomic E-state index is 6.50. The molecule has 0 aromatic rings. The zero-order valence-electron chi connectivity index (χ0n) is 3.16. The van der Waals surface area contributed by atoms with Crippen LogP contribution in [-0.4, -0.2) is 5.21 Å². The molecule has 0 spiro atoms. The summed E-state index contributed by atoms with van der Waals surface area (Å²) in [5, 5.41) is 6.50. The van der Waals surface area contributed by atoms with Gasteiger partial charge in [0.1, 0.15) is 0 Å². The average Bonchev–Trinajstić information content (AvgIpc) is 1.00. The Labute approximate surface area is 82.1 Å². The number of hydrogen-bond acceptors (Lipinski definition) is 2. The fourth-order valence-electron chi connectivity index (χ4n) is 0. The van der Waals surface area contributed by atoms with Gasteiger partial charge in [0.2, 0.25) is 0 Å². The second-order valence-electron chi connectivity index (χ2n) is 0. The molecule has 0 aromatic heterocycles. The zero-order chi connectivity index (χ0) is 2.00. The molecule has 0 radical (unpaired) electrons. The predicted octanol–water partition coefficient (Wildman–Crippen LogP) is 1.02. The molecule has 0 bridgehead atoms. The van der Waals surface area contributed by atoms with E-state index in [1.807, 2.05) is 0 Å². The zero-order valence-corrected chi connectivity index (χ0v) is 7.99. The summed E-state index contributed by atoms with van der Waals surface area (Å²) in [6.45, 7) is 0. The van der Waals surface area contributed by atoms with Crippen molar-refractivity contribution >= 4 is 49.6 Å². The van der Waals surface area contributed by atoms with Crippen molar-refractivity contribution in [3.05, 3.63) is 0 Å². The molecule has 0 rings (SSSR count). The van der Waals surface area contributed by atoms with Gasteiger partial charge in [0.25, 0.3) is 0 Å².